The van der Waals surface area contributed by atoms with Crippen molar-refractivity contribution in [1.29, 1.82) is 0 Å². The van der Waals surface area contributed by atoms with Crippen LogP contribution in [0.3, 0.4) is 0 Å². The molecule has 19 heavy (non-hydrogen) atoms. The Morgan fingerprint density at radius 1 is 1.53 bits per heavy atom. The Bertz CT molecular complexity index is 439. The van der Waals surface area contributed by atoms with Crippen LogP contribution in [0.2, 0.25) is 0 Å². The Hall–Kier alpha value is -0.650. The molecule has 1 atom stereocenters. The first-order chi connectivity index (χ1) is 8.66. The fourth-order valence-corrected chi connectivity index (χ4v) is 2.56. The molecule has 1 amide bonds. The van der Waals surface area contributed by atoms with Gasteiger partial charge in [-0.2, -0.15) is 0 Å². The minimum Gasteiger partial charge on any atom is -0.352 e. The molecule has 0 radical (unpaired) electrons. The van der Waals surface area contributed by atoms with Crippen molar-refractivity contribution < 1.29 is 9.18 Å². The molecule has 1 heterocycles. The van der Waals surface area contributed by atoms with E-state index >= 15 is 0 Å². The van der Waals surface area contributed by atoms with Crippen molar-refractivity contribution in [3.8, 4) is 0 Å². The van der Waals surface area contributed by atoms with Gasteiger partial charge in [-0.25, -0.2) is 4.39 Å². The van der Waals surface area contributed by atoms with Crippen LogP contribution in [-0.4, -0.2) is 25.0 Å². The number of carbonyl (C=O) groups excluding carboxylic acids is 1. The maximum Gasteiger partial charge on any atom is 0.252 e. The third-order valence-electron chi connectivity index (χ3n) is 3.11. The SMILES string of the molecule is Cl.O=C(NCC[C@H]1CCCN1)c1cc(F)ccc1Br. The molecule has 1 aromatic rings. The lowest BCUT2D eigenvalue weighted by Gasteiger charge is -2.11. The van der Waals surface area contributed by atoms with Crippen LogP contribution in [-0.2, 0) is 0 Å². The molecule has 1 aliphatic rings. The topological polar surface area (TPSA) is 41.1 Å². The first-order valence-electron chi connectivity index (χ1n) is 6.13. The lowest BCUT2D eigenvalue weighted by Crippen LogP contribution is -2.30. The van der Waals surface area contributed by atoms with Crippen molar-refractivity contribution in [2.45, 2.75) is 25.3 Å². The summed E-state index contributed by atoms with van der Waals surface area (Å²) in [4.78, 5) is 11.9. The van der Waals surface area contributed by atoms with Gasteiger partial charge in [0.05, 0.1) is 5.56 Å². The molecule has 6 heteroatoms. The first-order valence-corrected chi connectivity index (χ1v) is 6.93. The zero-order valence-corrected chi connectivity index (χ0v) is 12.8. The Balaban J connectivity index is 0.00000180. The van der Waals surface area contributed by atoms with Crippen LogP contribution in [0, 0.1) is 5.82 Å². The smallest absolute Gasteiger partial charge is 0.252 e. The van der Waals surface area contributed by atoms with Crippen molar-refractivity contribution in [2.75, 3.05) is 13.1 Å². The van der Waals surface area contributed by atoms with E-state index in [0.29, 0.717) is 22.6 Å². The van der Waals surface area contributed by atoms with E-state index in [-0.39, 0.29) is 18.3 Å². The maximum atomic E-state index is 13.1. The summed E-state index contributed by atoms with van der Waals surface area (Å²) in [5.74, 6) is -0.639. The molecule has 1 aromatic carbocycles. The van der Waals surface area contributed by atoms with Gasteiger partial charge < -0.3 is 10.6 Å². The maximum absolute atomic E-state index is 13.1. The van der Waals surface area contributed by atoms with Crippen LogP contribution >= 0.6 is 28.3 Å². The number of amides is 1. The number of hydrogen-bond donors (Lipinski definition) is 2. The summed E-state index contributed by atoms with van der Waals surface area (Å²) in [5, 5.41) is 6.19. The summed E-state index contributed by atoms with van der Waals surface area (Å²) < 4.78 is 13.7. The van der Waals surface area contributed by atoms with Crippen LogP contribution in [0.1, 0.15) is 29.6 Å². The Labute approximate surface area is 126 Å². The quantitative estimate of drug-likeness (QED) is 0.876. The van der Waals surface area contributed by atoms with Crippen LogP contribution in [0.25, 0.3) is 0 Å². The predicted molar refractivity (Wildman–Crippen MR) is 79.3 cm³/mol. The number of carbonyl (C=O) groups is 1. The van der Waals surface area contributed by atoms with Crippen molar-refractivity contribution in [3.63, 3.8) is 0 Å². The molecular weight excluding hydrogens is 335 g/mol. The third-order valence-corrected chi connectivity index (χ3v) is 3.81. The second kappa shape index (κ2) is 7.82. The molecule has 0 aromatic heterocycles. The van der Waals surface area contributed by atoms with Gasteiger partial charge in [0.1, 0.15) is 5.82 Å². The van der Waals surface area contributed by atoms with E-state index in [4.69, 9.17) is 0 Å². The van der Waals surface area contributed by atoms with Gasteiger partial charge in [0.2, 0.25) is 0 Å². The number of hydrogen-bond acceptors (Lipinski definition) is 2. The highest BCUT2D eigenvalue weighted by Gasteiger charge is 2.15. The van der Waals surface area contributed by atoms with E-state index in [9.17, 15) is 9.18 Å². The Morgan fingerprint density at radius 3 is 3.00 bits per heavy atom. The van der Waals surface area contributed by atoms with Crippen LogP contribution in [0.15, 0.2) is 22.7 Å². The molecule has 0 unspecified atom stereocenters. The standard InChI is InChI=1S/C13H16BrFN2O.ClH/c14-12-4-3-9(15)8-11(12)13(18)17-7-5-10-2-1-6-16-10;/h3-4,8,10,16H,1-2,5-7H2,(H,17,18);1H/t10-;/m1./s1. The van der Waals surface area contributed by atoms with Gasteiger partial charge >= 0.3 is 0 Å². The number of halogens is 3. The van der Waals surface area contributed by atoms with Crippen molar-refractivity contribution in [1.82, 2.24) is 10.6 Å². The zero-order valence-electron chi connectivity index (χ0n) is 10.4. The summed E-state index contributed by atoms with van der Waals surface area (Å²) in [6.07, 6.45) is 3.28. The van der Waals surface area contributed by atoms with Crippen molar-refractivity contribution in [3.05, 3.63) is 34.1 Å². The lowest BCUT2D eigenvalue weighted by molar-refractivity contribution is 0.0951. The van der Waals surface area contributed by atoms with E-state index in [2.05, 4.69) is 26.6 Å². The summed E-state index contributed by atoms with van der Waals surface area (Å²) in [6.45, 7) is 1.67. The minimum atomic E-state index is -0.402. The molecule has 1 fully saturated rings. The van der Waals surface area contributed by atoms with Gasteiger partial charge in [-0.05, 0) is 59.9 Å². The summed E-state index contributed by atoms with van der Waals surface area (Å²) in [6, 6.07) is 4.61. The number of benzene rings is 1. The molecule has 1 aliphatic heterocycles. The second-order valence-corrected chi connectivity index (χ2v) is 5.32. The van der Waals surface area contributed by atoms with E-state index < -0.39 is 5.82 Å². The third kappa shape index (κ3) is 4.75. The molecule has 106 valence electrons. The summed E-state index contributed by atoms with van der Waals surface area (Å²) >= 11 is 3.25. The second-order valence-electron chi connectivity index (χ2n) is 4.46. The normalized spacial score (nSPS) is 17.9. The van der Waals surface area contributed by atoms with Gasteiger partial charge in [-0.3, -0.25) is 4.79 Å². The van der Waals surface area contributed by atoms with E-state index in [1.165, 1.54) is 25.0 Å². The predicted octanol–water partition coefficient (Wildman–Crippen LogP) is 2.88. The van der Waals surface area contributed by atoms with E-state index in [1.54, 1.807) is 6.07 Å². The number of nitrogens with one attached hydrogen (secondary N) is 2. The molecule has 2 N–H and O–H groups in total. The number of rotatable bonds is 4. The minimum absolute atomic E-state index is 0. The van der Waals surface area contributed by atoms with Gasteiger partial charge in [0.15, 0.2) is 0 Å². The molecule has 0 spiro atoms. The lowest BCUT2D eigenvalue weighted by atomic mass is 10.1. The molecule has 0 saturated carbocycles. The highest BCUT2D eigenvalue weighted by Crippen LogP contribution is 2.17. The molecule has 2 rings (SSSR count). The van der Waals surface area contributed by atoms with E-state index in [1.807, 2.05) is 0 Å². The average Bonchev–Trinajstić information content (AvgIpc) is 2.85. The van der Waals surface area contributed by atoms with Gasteiger partial charge in [0, 0.05) is 17.1 Å². The van der Waals surface area contributed by atoms with Gasteiger partial charge in [-0.15, -0.1) is 12.4 Å². The van der Waals surface area contributed by atoms with Crippen LogP contribution < -0.4 is 10.6 Å². The highest BCUT2D eigenvalue weighted by molar-refractivity contribution is 9.10. The zero-order chi connectivity index (χ0) is 13.0. The Kier molecular flexibility index (Phi) is 6.75. The molecule has 3 nitrogen and oxygen atoms in total. The highest BCUT2D eigenvalue weighted by atomic mass is 79.9. The van der Waals surface area contributed by atoms with Crippen molar-refractivity contribution >= 4 is 34.2 Å². The van der Waals surface area contributed by atoms with Crippen LogP contribution in [0.4, 0.5) is 4.39 Å². The van der Waals surface area contributed by atoms with Crippen molar-refractivity contribution in [2.24, 2.45) is 0 Å². The largest absolute Gasteiger partial charge is 0.352 e. The summed E-state index contributed by atoms with van der Waals surface area (Å²) in [5.41, 5.74) is 0.342. The van der Waals surface area contributed by atoms with Gasteiger partial charge in [-0.1, -0.05) is 0 Å². The van der Waals surface area contributed by atoms with E-state index in [0.717, 1.165) is 13.0 Å². The van der Waals surface area contributed by atoms with Gasteiger partial charge in [0.25, 0.3) is 5.91 Å². The molecule has 0 bridgehead atoms. The Morgan fingerprint density at radius 2 is 2.32 bits per heavy atom. The monoisotopic (exact) mass is 350 g/mol. The fourth-order valence-electron chi connectivity index (χ4n) is 2.13. The molecule has 0 aliphatic carbocycles. The fraction of sp³-hybridized carbons (Fsp3) is 0.462. The molecular formula is C13H17BrClFN2O. The summed E-state index contributed by atoms with van der Waals surface area (Å²) in [7, 11) is 0. The van der Waals surface area contributed by atoms with Crippen LogP contribution in [0.5, 0.6) is 0 Å². The first kappa shape index (κ1) is 16.4. The molecule has 1 saturated heterocycles. The average molecular weight is 352 g/mol.